The van der Waals surface area contributed by atoms with E-state index in [1.165, 1.54) is 0 Å². The van der Waals surface area contributed by atoms with Crippen molar-refractivity contribution in [3.63, 3.8) is 0 Å². The van der Waals surface area contributed by atoms with Crippen LogP contribution in [0.5, 0.6) is 0 Å². The molecule has 2 rings (SSSR count). The van der Waals surface area contributed by atoms with Crippen LogP contribution in [0.3, 0.4) is 0 Å². The highest BCUT2D eigenvalue weighted by Gasteiger charge is 2.16. The van der Waals surface area contributed by atoms with Crippen molar-refractivity contribution in [2.45, 2.75) is 25.8 Å². The monoisotopic (exact) mass is 341 g/mol. The average Bonchev–Trinajstić information content (AvgIpc) is 2.67. The van der Waals surface area contributed by atoms with E-state index in [1.54, 1.807) is 0 Å². The minimum absolute atomic E-state index is 0.0780. The van der Waals surface area contributed by atoms with Crippen molar-refractivity contribution in [2.75, 3.05) is 0 Å². The summed E-state index contributed by atoms with van der Waals surface area (Å²) in [5.74, 6) is 0. The Bertz CT molecular complexity index is 563. The van der Waals surface area contributed by atoms with Gasteiger partial charge in [0.05, 0.1) is 16.4 Å². The molecule has 0 fully saturated rings. The van der Waals surface area contributed by atoms with E-state index in [9.17, 15) is 0 Å². The molecule has 19 heavy (non-hydrogen) atoms. The van der Waals surface area contributed by atoms with Gasteiger partial charge in [-0.15, -0.1) is 0 Å². The molecule has 1 aromatic carbocycles. The van der Waals surface area contributed by atoms with E-state index in [-0.39, 0.29) is 6.04 Å². The van der Waals surface area contributed by atoms with Gasteiger partial charge in [0.2, 0.25) is 0 Å². The fourth-order valence-electron chi connectivity index (χ4n) is 2.08. The van der Waals surface area contributed by atoms with Crippen molar-refractivity contribution < 1.29 is 0 Å². The third kappa shape index (κ3) is 3.19. The van der Waals surface area contributed by atoms with Gasteiger partial charge in [-0.05, 0) is 24.1 Å². The van der Waals surface area contributed by atoms with E-state index in [4.69, 9.17) is 17.3 Å². The van der Waals surface area contributed by atoms with Gasteiger partial charge in [-0.25, -0.2) is 0 Å². The maximum absolute atomic E-state index is 6.34. The minimum atomic E-state index is -0.0780. The summed E-state index contributed by atoms with van der Waals surface area (Å²) in [6, 6.07) is 7.97. The largest absolute Gasteiger partial charge is 0.324 e. The third-order valence-corrected chi connectivity index (χ3v) is 4.18. The number of aromatic nitrogens is 2. The number of nitrogens with two attached hydrogens (primary N) is 1. The maximum atomic E-state index is 6.34. The molecule has 0 saturated heterocycles. The van der Waals surface area contributed by atoms with Crippen LogP contribution in [-0.4, -0.2) is 9.78 Å². The number of nitrogens with zero attached hydrogens (tertiary/aromatic N) is 2. The van der Waals surface area contributed by atoms with Crippen molar-refractivity contribution >= 4 is 27.5 Å². The van der Waals surface area contributed by atoms with Crippen molar-refractivity contribution in [3.05, 3.63) is 50.7 Å². The molecule has 0 saturated carbocycles. The summed E-state index contributed by atoms with van der Waals surface area (Å²) in [4.78, 5) is 0. The first kappa shape index (κ1) is 14.6. The molecular formula is C14H17BrClN3. The lowest BCUT2D eigenvalue weighted by Crippen LogP contribution is -2.15. The lowest BCUT2D eigenvalue weighted by Gasteiger charge is -2.12. The molecule has 1 atom stereocenters. The first-order valence-electron chi connectivity index (χ1n) is 6.24. The van der Waals surface area contributed by atoms with Gasteiger partial charge in [0.15, 0.2) is 0 Å². The van der Waals surface area contributed by atoms with Crippen LogP contribution in [0.25, 0.3) is 0 Å². The van der Waals surface area contributed by atoms with E-state index in [0.717, 1.165) is 32.9 Å². The molecule has 2 aromatic rings. The normalized spacial score (nSPS) is 12.7. The van der Waals surface area contributed by atoms with Crippen LogP contribution in [0.2, 0.25) is 5.02 Å². The zero-order chi connectivity index (χ0) is 14.0. The summed E-state index contributed by atoms with van der Waals surface area (Å²) in [6.07, 6.45) is 1.52. The Balaban J connectivity index is 2.21. The van der Waals surface area contributed by atoms with Crippen LogP contribution < -0.4 is 5.73 Å². The maximum Gasteiger partial charge on any atom is 0.0850 e. The van der Waals surface area contributed by atoms with Gasteiger partial charge in [-0.3, -0.25) is 4.68 Å². The van der Waals surface area contributed by atoms with Gasteiger partial charge < -0.3 is 5.73 Å². The molecule has 2 N–H and O–H groups in total. The Kier molecular flexibility index (Phi) is 4.66. The van der Waals surface area contributed by atoms with Gasteiger partial charge in [0.1, 0.15) is 0 Å². The van der Waals surface area contributed by atoms with Gasteiger partial charge in [0, 0.05) is 24.0 Å². The zero-order valence-electron chi connectivity index (χ0n) is 11.0. The van der Waals surface area contributed by atoms with Crippen LogP contribution in [0.1, 0.15) is 29.9 Å². The van der Waals surface area contributed by atoms with Crippen LogP contribution in [0.4, 0.5) is 0 Å². The summed E-state index contributed by atoms with van der Waals surface area (Å²) in [5, 5.41) is 5.16. The Morgan fingerprint density at radius 1 is 1.37 bits per heavy atom. The molecular weight excluding hydrogens is 326 g/mol. The number of aryl methyl sites for hydroxylation is 2. The van der Waals surface area contributed by atoms with E-state index >= 15 is 0 Å². The second-order valence-electron chi connectivity index (χ2n) is 4.55. The Morgan fingerprint density at radius 3 is 2.53 bits per heavy atom. The molecule has 0 aliphatic carbocycles. The summed E-state index contributed by atoms with van der Waals surface area (Å²) < 4.78 is 2.88. The van der Waals surface area contributed by atoms with E-state index in [1.807, 2.05) is 42.9 Å². The number of rotatable bonds is 4. The molecule has 0 aliphatic rings. The zero-order valence-corrected chi connectivity index (χ0v) is 13.4. The first-order chi connectivity index (χ1) is 9.02. The molecule has 1 heterocycles. The van der Waals surface area contributed by atoms with Crippen LogP contribution in [-0.2, 0) is 19.9 Å². The molecule has 0 radical (unpaired) electrons. The Hall–Kier alpha value is -0.840. The van der Waals surface area contributed by atoms with Gasteiger partial charge in [0.25, 0.3) is 0 Å². The number of hydrogen-bond donors (Lipinski definition) is 1. The minimum Gasteiger partial charge on any atom is -0.324 e. The fourth-order valence-corrected chi connectivity index (χ4v) is 2.71. The van der Waals surface area contributed by atoms with Gasteiger partial charge in [-0.1, -0.05) is 46.6 Å². The predicted molar refractivity (Wildman–Crippen MR) is 82.4 cm³/mol. The molecule has 3 nitrogen and oxygen atoms in total. The molecule has 102 valence electrons. The molecule has 0 spiro atoms. The highest BCUT2D eigenvalue weighted by atomic mass is 79.9. The molecule has 1 unspecified atom stereocenters. The second-order valence-corrected chi connectivity index (χ2v) is 5.84. The first-order valence-corrected chi connectivity index (χ1v) is 7.41. The Morgan fingerprint density at radius 2 is 2.00 bits per heavy atom. The summed E-state index contributed by atoms with van der Waals surface area (Å²) >= 11 is 9.76. The summed E-state index contributed by atoms with van der Waals surface area (Å²) in [6.45, 7) is 2.05. The number of hydrogen-bond acceptors (Lipinski definition) is 2. The van der Waals surface area contributed by atoms with Crippen LogP contribution in [0, 0.1) is 0 Å². The van der Waals surface area contributed by atoms with Crippen molar-refractivity contribution in [2.24, 2.45) is 12.8 Å². The van der Waals surface area contributed by atoms with E-state index in [2.05, 4.69) is 21.0 Å². The SMILES string of the molecule is CCc1nn(C)c(CC(N)c2ccc(Br)cc2)c1Cl. The summed E-state index contributed by atoms with van der Waals surface area (Å²) in [7, 11) is 1.91. The lowest BCUT2D eigenvalue weighted by atomic mass is 10.0. The van der Waals surface area contributed by atoms with Gasteiger partial charge in [-0.2, -0.15) is 5.10 Å². The van der Waals surface area contributed by atoms with Crippen LogP contribution in [0.15, 0.2) is 28.7 Å². The molecule has 0 bridgehead atoms. The highest BCUT2D eigenvalue weighted by Crippen LogP contribution is 2.25. The van der Waals surface area contributed by atoms with Crippen molar-refractivity contribution in [1.29, 1.82) is 0 Å². The van der Waals surface area contributed by atoms with E-state index < -0.39 is 0 Å². The quantitative estimate of drug-likeness (QED) is 0.922. The third-order valence-electron chi connectivity index (χ3n) is 3.21. The van der Waals surface area contributed by atoms with Crippen molar-refractivity contribution in [3.8, 4) is 0 Å². The molecule has 5 heteroatoms. The van der Waals surface area contributed by atoms with Crippen molar-refractivity contribution in [1.82, 2.24) is 9.78 Å². The lowest BCUT2D eigenvalue weighted by molar-refractivity contribution is 0.638. The fraction of sp³-hybridized carbons (Fsp3) is 0.357. The van der Waals surface area contributed by atoms with E-state index in [0.29, 0.717) is 6.42 Å². The van der Waals surface area contributed by atoms with Crippen LogP contribution >= 0.6 is 27.5 Å². The van der Waals surface area contributed by atoms with Gasteiger partial charge >= 0.3 is 0 Å². The highest BCUT2D eigenvalue weighted by molar-refractivity contribution is 9.10. The summed E-state index contributed by atoms with van der Waals surface area (Å²) in [5.41, 5.74) is 9.27. The molecule has 1 aromatic heterocycles. The standard InChI is InChI=1S/C14H17BrClN3/c1-3-12-14(16)13(19(2)18-12)8-11(17)9-4-6-10(15)7-5-9/h4-7,11H,3,8,17H2,1-2H3. The topological polar surface area (TPSA) is 43.8 Å². The number of halogens is 2. The second kappa shape index (κ2) is 6.07. The molecule has 0 aliphatic heterocycles. The Labute approximate surface area is 126 Å². The molecule has 0 amide bonds. The number of benzene rings is 1. The smallest absolute Gasteiger partial charge is 0.0850 e. The predicted octanol–water partition coefficient (Wildman–Crippen LogP) is 3.64. The average molecular weight is 343 g/mol.